The lowest BCUT2D eigenvalue weighted by Gasteiger charge is -2.48. The molecule has 0 aliphatic carbocycles. The van der Waals surface area contributed by atoms with Crippen LogP contribution in [0.15, 0.2) is 12.2 Å². The molecule has 5 N–H and O–H groups in total. The van der Waals surface area contributed by atoms with Gasteiger partial charge in [0.2, 0.25) is 59.1 Å². The molecule has 0 aromatic rings. The molecule has 2 fully saturated rings. The Bertz CT molecular complexity index is 2580. The van der Waals surface area contributed by atoms with Crippen LogP contribution in [0.3, 0.4) is 0 Å². The first kappa shape index (κ1) is 84.2. The molecule has 2 aliphatic heterocycles. The molecule has 0 aromatic carbocycles. The maximum atomic E-state index is 16.3. The van der Waals surface area contributed by atoms with E-state index < -0.39 is 155 Å². The highest BCUT2D eigenvalue weighted by molar-refractivity contribution is 8.01. The standard InChI is InChI=1S/C68H122N12O13S/c1-25-27-28-46(15)57(82)56-61(86)71-49(26-2)63(88)73(18)39-54(81)74(19)50(35-40(3)4)60(85)72-55(44(11)12)66(91)75(20)51(36-41(5)6)59(84)69-47(16)58(83)70-48(17)62(87)76(21)52(37-42(7)8)64(89)77(22)53(38-43(9)10)65(90)79(24)68(45(13)14,67(92)78(56)23)94-34-31-80-29-32-93-33-30-80/h25,27,40-53,55-57,82H,26,28-39H2,1-24H3,(H,69,84)(H,70,83)(H,71,86)(H,72,85)/b27-25+/t46-,47+,48-,49+,50+,51+,52+,53+,55+,56+,57-,68+/m1/s1. The normalized spacial score (nSPS) is 27.5. The van der Waals surface area contributed by atoms with Gasteiger partial charge in [0, 0.05) is 74.7 Å². The number of morpholine rings is 1. The van der Waals surface area contributed by atoms with Crippen LogP contribution in [-0.4, -0.2) is 269 Å². The quantitative estimate of drug-likeness (QED) is 0.115. The molecule has 2 aliphatic rings. The third-order valence-corrected chi connectivity index (χ3v) is 19.9. The number of nitrogens with zero attached hydrogens (tertiary/aromatic N) is 8. The van der Waals surface area contributed by atoms with Gasteiger partial charge >= 0.3 is 0 Å². The molecule has 0 aromatic heterocycles. The van der Waals surface area contributed by atoms with Crippen molar-refractivity contribution in [3.05, 3.63) is 12.2 Å². The second kappa shape index (κ2) is 38.8. The van der Waals surface area contributed by atoms with Crippen LogP contribution in [0.2, 0.25) is 0 Å². The Kier molecular flexibility index (Phi) is 34.7. The average molecular weight is 1350 g/mol. The van der Waals surface area contributed by atoms with E-state index in [1.54, 1.807) is 47.6 Å². The number of carbonyl (C=O) groups is 11. The number of nitrogens with one attached hydrogen (secondary N) is 4. The molecular formula is C68H122N12O13S. The molecule has 0 spiro atoms. The first-order valence-corrected chi connectivity index (χ1v) is 34.9. The van der Waals surface area contributed by atoms with E-state index in [0.29, 0.717) is 45.0 Å². The summed E-state index contributed by atoms with van der Waals surface area (Å²) in [5.74, 6) is -9.67. The molecule has 0 radical (unpaired) electrons. The summed E-state index contributed by atoms with van der Waals surface area (Å²) >= 11 is 1.21. The van der Waals surface area contributed by atoms with Gasteiger partial charge in [0.25, 0.3) is 5.91 Å². The van der Waals surface area contributed by atoms with Crippen LogP contribution in [0.4, 0.5) is 0 Å². The van der Waals surface area contributed by atoms with Crippen molar-refractivity contribution in [1.29, 1.82) is 0 Å². The first-order valence-electron chi connectivity index (χ1n) is 34.0. The zero-order chi connectivity index (χ0) is 72.1. The van der Waals surface area contributed by atoms with Crippen molar-refractivity contribution in [3.63, 3.8) is 0 Å². The minimum Gasteiger partial charge on any atom is -0.390 e. The molecule has 2 heterocycles. The van der Waals surface area contributed by atoms with Gasteiger partial charge in [-0.3, -0.25) is 57.6 Å². The van der Waals surface area contributed by atoms with Gasteiger partial charge in [0.15, 0.2) is 4.87 Å². The highest BCUT2D eigenvalue weighted by Crippen LogP contribution is 2.40. The Morgan fingerprint density at radius 2 is 1.03 bits per heavy atom. The minimum absolute atomic E-state index is 0.00770. The SMILES string of the molecule is C/C=C/C[C@@H](C)[C@@H](O)[C@H]1C(=O)N[C@@H](CC)C(=O)N(C)CC(=O)N(C)[C@@H](CC(C)C)C(=O)N[C@@H](C(C)C)C(=O)N(C)[C@@H](CC(C)C)C(=O)N[C@@H](C)C(=O)N[C@H](C)C(=O)N(C)[C@@H](CC(C)C)C(=O)N(C)[C@@H](CC(C)C)C(=O)N(C)[C@](SCCN2CCOCC2)(C(C)C)C(=O)N1C. The summed E-state index contributed by atoms with van der Waals surface area (Å²) in [7, 11) is 10.1. The fourth-order valence-electron chi connectivity index (χ4n) is 12.1. The summed E-state index contributed by atoms with van der Waals surface area (Å²) in [6, 6.07) is -11.3. The smallest absolute Gasteiger partial charge is 0.259 e. The molecule has 26 heteroatoms. The van der Waals surface area contributed by atoms with E-state index in [-0.39, 0.29) is 55.8 Å². The summed E-state index contributed by atoms with van der Waals surface area (Å²) in [6.45, 7) is 32.4. The molecular weight excluding hydrogens is 1220 g/mol. The summed E-state index contributed by atoms with van der Waals surface area (Å²) in [4.78, 5) is 173. The Morgan fingerprint density at radius 3 is 1.52 bits per heavy atom. The number of allylic oxidation sites excluding steroid dienone is 2. The fraction of sp³-hybridized carbons (Fsp3) is 0.809. The van der Waals surface area contributed by atoms with E-state index in [1.807, 2.05) is 68.4 Å². The van der Waals surface area contributed by atoms with Crippen LogP contribution in [0, 0.1) is 41.4 Å². The van der Waals surface area contributed by atoms with Gasteiger partial charge in [-0.1, -0.05) is 109 Å². The topological polar surface area (TPSA) is 291 Å². The van der Waals surface area contributed by atoms with Gasteiger partial charge in [0.05, 0.1) is 25.9 Å². The first-order chi connectivity index (χ1) is 43.7. The number of ether oxygens (including phenoxy) is 1. The summed E-state index contributed by atoms with van der Waals surface area (Å²) in [6.07, 6.45) is 2.94. The van der Waals surface area contributed by atoms with Crippen molar-refractivity contribution < 1.29 is 62.6 Å². The lowest BCUT2D eigenvalue weighted by molar-refractivity contribution is -0.159. The van der Waals surface area contributed by atoms with E-state index >= 15 is 19.2 Å². The highest BCUT2D eigenvalue weighted by atomic mass is 32.2. The average Bonchev–Trinajstić information content (AvgIpc) is 0.758. The van der Waals surface area contributed by atoms with Gasteiger partial charge in [0.1, 0.15) is 54.4 Å². The number of rotatable bonds is 19. The molecule has 0 saturated carbocycles. The summed E-state index contributed by atoms with van der Waals surface area (Å²) < 4.78 is 5.63. The lowest BCUT2D eigenvalue weighted by Crippen LogP contribution is -2.68. The molecule has 0 bridgehead atoms. The number of likely N-dealkylation sites (N-methyl/N-ethyl adjacent to an activating group) is 7. The van der Waals surface area contributed by atoms with Crippen LogP contribution in [0.1, 0.15) is 156 Å². The van der Waals surface area contributed by atoms with E-state index in [1.165, 1.54) is 99.4 Å². The second-order valence-corrected chi connectivity index (χ2v) is 29.8. The number of aliphatic hydroxyl groups excluding tert-OH is 1. The zero-order valence-electron chi connectivity index (χ0n) is 61.5. The maximum Gasteiger partial charge on any atom is 0.259 e. The van der Waals surface area contributed by atoms with Crippen molar-refractivity contribution in [3.8, 4) is 0 Å². The van der Waals surface area contributed by atoms with Gasteiger partial charge in [-0.2, -0.15) is 0 Å². The number of hydrogen-bond acceptors (Lipinski definition) is 15. The van der Waals surface area contributed by atoms with Crippen molar-refractivity contribution >= 4 is 76.7 Å². The molecule has 94 heavy (non-hydrogen) atoms. The Morgan fingerprint density at radius 1 is 0.564 bits per heavy atom. The number of hydrogen-bond donors (Lipinski definition) is 5. The maximum absolute atomic E-state index is 16.3. The van der Waals surface area contributed by atoms with Crippen molar-refractivity contribution in [2.45, 2.75) is 222 Å². The van der Waals surface area contributed by atoms with Crippen LogP contribution < -0.4 is 21.3 Å². The Labute approximate surface area is 567 Å². The van der Waals surface area contributed by atoms with Gasteiger partial charge < -0.3 is 65.4 Å². The predicted octanol–water partition coefficient (Wildman–Crippen LogP) is 3.66. The van der Waals surface area contributed by atoms with E-state index in [2.05, 4.69) is 26.2 Å². The van der Waals surface area contributed by atoms with Crippen molar-refractivity contribution in [2.75, 3.05) is 94.5 Å². The number of carbonyl (C=O) groups excluding carboxylic acids is 11. The summed E-state index contributed by atoms with van der Waals surface area (Å²) in [5.41, 5.74) is 0. The Hall–Kier alpha value is -5.86. The second-order valence-electron chi connectivity index (χ2n) is 28.5. The van der Waals surface area contributed by atoms with Crippen LogP contribution in [-0.2, 0) is 57.5 Å². The molecule has 25 nitrogen and oxygen atoms in total. The third kappa shape index (κ3) is 22.9. The van der Waals surface area contributed by atoms with Gasteiger partial charge in [-0.15, -0.1) is 11.8 Å². The number of thioether (sulfide) groups is 1. The Balaban J connectivity index is 3.13. The molecule has 0 unspecified atom stereocenters. The summed E-state index contributed by atoms with van der Waals surface area (Å²) in [5, 5.41) is 23.6. The van der Waals surface area contributed by atoms with Crippen LogP contribution in [0.5, 0.6) is 0 Å². The number of amides is 11. The fourth-order valence-corrected chi connectivity index (χ4v) is 13.6. The predicted molar refractivity (Wildman–Crippen MR) is 367 cm³/mol. The van der Waals surface area contributed by atoms with Crippen LogP contribution >= 0.6 is 11.8 Å². The van der Waals surface area contributed by atoms with Crippen LogP contribution in [0.25, 0.3) is 0 Å². The number of aliphatic hydroxyl groups is 1. The van der Waals surface area contributed by atoms with Crippen molar-refractivity contribution in [1.82, 2.24) is 60.5 Å². The minimum atomic E-state index is -1.83. The molecule has 2 rings (SSSR count). The van der Waals surface area contributed by atoms with Gasteiger partial charge in [-0.05, 0) is 101 Å². The zero-order valence-corrected chi connectivity index (χ0v) is 62.3. The monoisotopic (exact) mass is 1350 g/mol. The van der Waals surface area contributed by atoms with Crippen molar-refractivity contribution in [2.24, 2.45) is 41.4 Å². The molecule has 2 saturated heterocycles. The third-order valence-electron chi connectivity index (χ3n) is 18.2. The van der Waals surface area contributed by atoms with E-state index in [4.69, 9.17) is 4.74 Å². The highest BCUT2D eigenvalue weighted by Gasteiger charge is 2.54. The molecule has 12 atom stereocenters. The molecule has 11 amide bonds. The lowest BCUT2D eigenvalue weighted by atomic mass is 9.91. The largest absolute Gasteiger partial charge is 0.390 e. The molecule has 538 valence electrons. The van der Waals surface area contributed by atoms with E-state index in [0.717, 1.165) is 9.80 Å². The van der Waals surface area contributed by atoms with Gasteiger partial charge in [-0.25, -0.2) is 0 Å². The van der Waals surface area contributed by atoms with E-state index in [9.17, 15) is 38.7 Å².